The highest BCUT2D eigenvalue weighted by Gasteiger charge is 2.07. The maximum Gasteiger partial charge on any atom is 0.244 e. The molecule has 0 aliphatic heterocycles. The fourth-order valence-electron chi connectivity index (χ4n) is 1.96. The fourth-order valence-corrected chi connectivity index (χ4v) is 2.14. The molecule has 4 nitrogen and oxygen atoms in total. The van der Waals surface area contributed by atoms with Gasteiger partial charge >= 0.3 is 0 Å². The Bertz CT molecular complexity index is 699. The van der Waals surface area contributed by atoms with Crippen LogP contribution in [-0.2, 0) is 11.2 Å². The highest BCUT2D eigenvalue weighted by molar-refractivity contribution is 6.31. The minimum atomic E-state index is -0.237. The largest absolute Gasteiger partial charge is 0.497 e. The molecule has 1 N–H and O–H groups in total. The SMILES string of the molecule is COc1ccc(Cl)c(CC(=O)N/N=C/c2cccc(C)c2)c1. The second-order valence-corrected chi connectivity index (χ2v) is 5.25. The van der Waals surface area contributed by atoms with Crippen LogP contribution in [-0.4, -0.2) is 19.2 Å². The number of carbonyl (C=O) groups excluding carboxylic acids is 1. The van der Waals surface area contributed by atoms with Gasteiger partial charge in [0.25, 0.3) is 0 Å². The third kappa shape index (κ3) is 4.60. The molecule has 0 aromatic heterocycles. The van der Waals surface area contributed by atoms with E-state index in [-0.39, 0.29) is 12.3 Å². The molecule has 0 fully saturated rings. The van der Waals surface area contributed by atoms with Gasteiger partial charge in [0.05, 0.1) is 19.7 Å². The number of methoxy groups -OCH3 is 1. The number of hydrogen-bond donors (Lipinski definition) is 1. The number of carbonyl (C=O) groups is 1. The second-order valence-electron chi connectivity index (χ2n) is 4.84. The minimum Gasteiger partial charge on any atom is -0.497 e. The van der Waals surface area contributed by atoms with Gasteiger partial charge in [-0.3, -0.25) is 4.79 Å². The third-order valence-electron chi connectivity index (χ3n) is 3.05. The Kier molecular flexibility index (Phi) is 5.55. The quantitative estimate of drug-likeness (QED) is 0.679. The summed E-state index contributed by atoms with van der Waals surface area (Å²) < 4.78 is 5.12. The summed E-state index contributed by atoms with van der Waals surface area (Å²) in [5, 5.41) is 4.48. The van der Waals surface area contributed by atoms with Crippen molar-refractivity contribution in [1.82, 2.24) is 5.43 Å². The lowest BCUT2D eigenvalue weighted by molar-refractivity contribution is -0.120. The molecule has 0 atom stereocenters. The van der Waals surface area contributed by atoms with E-state index in [0.29, 0.717) is 16.3 Å². The molecule has 114 valence electrons. The Hall–Kier alpha value is -2.33. The number of halogens is 1. The number of amides is 1. The first kappa shape index (κ1) is 16.0. The van der Waals surface area contributed by atoms with Gasteiger partial charge in [-0.05, 0) is 36.2 Å². The summed E-state index contributed by atoms with van der Waals surface area (Å²) in [5.74, 6) is 0.425. The third-order valence-corrected chi connectivity index (χ3v) is 3.42. The van der Waals surface area contributed by atoms with Crippen molar-refractivity contribution >= 4 is 23.7 Å². The average molecular weight is 317 g/mol. The first-order valence-corrected chi connectivity index (χ1v) is 7.17. The van der Waals surface area contributed by atoms with Crippen LogP contribution in [0.4, 0.5) is 0 Å². The van der Waals surface area contributed by atoms with Crippen LogP contribution in [0, 0.1) is 6.92 Å². The van der Waals surface area contributed by atoms with Gasteiger partial charge in [0.15, 0.2) is 0 Å². The summed E-state index contributed by atoms with van der Waals surface area (Å²) in [6, 6.07) is 13.0. The number of benzene rings is 2. The second kappa shape index (κ2) is 7.61. The molecular weight excluding hydrogens is 300 g/mol. The Morgan fingerprint density at radius 3 is 2.86 bits per heavy atom. The normalized spacial score (nSPS) is 10.7. The Labute approximate surface area is 134 Å². The van der Waals surface area contributed by atoms with Crippen LogP contribution in [0.2, 0.25) is 5.02 Å². The molecule has 0 saturated carbocycles. The summed E-state index contributed by atoms with van der Waals surface area (Å²) >= 11 is 6.07. The summed E-state index contributed by atoms with van der Waals surface area (Å²) in [6.45, 7) is 2.00. The van der Waals surface area contributed by atoms with Crippen LogP contribution in [0.25, 0.3) is 0 Å². The fraction of sp³-hybridized carbons (Fsp3) is 0.176. The molecule has 0 heterocycles. The maximum absolute atomic E-state index is 11.9. The van der Waals surface area contributed by atoms with Crippen molar-refractivity contribution in [3.63, 3.8) is 0 Å². The Morgan fingerprint density at radius 1 is 1.32 bits per heavy atom. The van der Waals surface area contributed by atoms with Crippen molar-refractivity contribution < 1.29 is 9.53 Å². The summed E-state index contributed by atoms with van der Waals surface area (Å²) in [4.78, 5) is 11.9. The standard InChI is InChI=1S/C17H17ClN2O2/c1-12-4-3-5-13(8-12)11-19-20-17(21)10-14-9-15(22-2)6-7-16(14)18/h3-9,11H,10H2,1-2H3,(H,20,21)/b19-11+. The number of aryl methyl sites for hydroxylation is 1. The summed E-state index contributed by atoms with van der Waals surface area (Å²) in [6.07, 6.45) is 1.75. The van der Waals surface area contributed by atoms with Crippen molar-refractivity contribution in [3.8, 4) is 5.75 Å². The lowest BCUT2D eigenvalue weighted by Crippen LogP contribution is -2.20. The predicted octanol–water partition coefficient (Wildman–Crippen LogP) is 3.35. The van der Waals surface area contributed by atoms with Gasteiger partial charge in [-0.1, -0.05) is 41.4 Å². The highest BCUT2D eigenvalue weighted by Crippen LogP contribution is 2.22. The molecule has 2 aromatic carbocycles. The first-order valence-electron chi connectivity index (χ1n) is 6.79. The van der Waals surface area contributed by atoms with E-state index in [2.05, 4.69) is 10.5 Å². The van der Waals surface area contributed by atoms with Gasteiger partial charge in [0.2, 0.25) is 5.91 Å². The van der Waals surface area contributed by atoms with Gasteiger partial charge in [-0.2, -0.15) is 5.10 Å². The molecule has 0 unspecified atom stereocenters. The van der Waals surface area contributed by atoms with Gasteiger partial charge < -0.3 is 4.74 Å². The van der Waals surface area contributed by atoms with Crippen LogP contribution < -0.4 is 10.2 Å². The molecule has 0 aliphatic carbocycles. The van der Waals surface area contributed by atoms with Crippen LogP contribution >= 0.6 is 11.6 Å². The molecule has 0 aliphatic rings. The number of rotatable bonds is 5. The van der Waals surface area contributed by atoms with E-state index in [0.717, 1.165) is 11.1 Å². The minimum absolute atomic E-state index is 0.140. The number of nitrogens with one attached hydrogen (secondary N) is 1. The molecule has 2 rings (SSSR count). The molecule has 0 spiro atoms. The Morgan fingerprint density at radius 2 is 2.14 bits per heavy atom. The molecule has 2 aromatic rings. The zero-order chi connectivity index (χ0) is 15.9. The topological polar surface area (TPSA) is 50.7 Å². The molecular formula is C17H17ClN2O2. The highest BCUT2D eigenvalue weighted by atomic mass is 35.5. The summed E-state index contributed by atoms with van der Waals surface area (Å²) in [5.41, 5.74) is 5.26. The smallest absolute Gasteiger partial charge is 0.244 e. The van der Waals surface area contributed by atoms with E-state index >= 15 is 0 Å². The van der Waals surface area contributed by atoms with E-state index in [1.165, 1.54) is 0 Å². The van der Waals surface area contributed by atoms with Crippen LogP contribution in [0.3, 0.4) is 0 Å². The van der Waals surface area contributed by atoms with Crippen molar-refractivity contribution in [1.29, 1.82) is 0 Å². The maximum atomic E-state index is 11.9. The molecule has 1 amide bonds. The first-order chi connectivity index (χ1) is 10.6. The molecule has 0 bridgehead atoms. The molecule has 22 heavy (non-hydrogen) atoms. The van der Waals surface area contributed by atoms with Crippen molar-refractivity contribution in [2.75, 3.05) is 7.11 Å². The van der Waals surface area contributed by atoms with E-state index in [1.54, 1.807) is 31.5 Å². The van der Waals surface area contributed by atoms with Crippen molar-refractivity contribution in [2.24, 2.45) is 5.10 Å². The summed E-state index contributed by atoms with van der Waals surface area (Å²) in [7, 11) is 1.57. The average Bonchev–Trinajstić information content (AvgIpc) is 2.49. The van der Waals surface area contributed by atoms with Crippen LogP contribution in [0.1, 0.15) is 16.7 Å². The Balaban J connectivity index is 1.96. The van der Waals surface area contributed by atoms with Crippen LogP contribution in [0.15, 0.2) is 47.6 Å². The molecule has 0 saturated heterocycles. The van der Waals surface area contributed by atoms with Crippen molar-refractivity contribution in [3.05, 3.63) is 64.2 Å². The van der Waals surface area contributed by atoms with Gasteiger partial charge in [0, 0.05) is 5.02 Å². The number of hydrazone groups is 1. The number of hydrogen-bond acceptors (Lipinski definition) is 3. The lowest BCUT2D eigenvalue weighted by atomic mass is 10.1. The predicted molar refractivity (Wildman–Crippen MR) is 88.6 cm³/mol. The number of nitrogens with zero attached hydrogens (tertiary/aromatic N) is 1. The molecule has 5 heteroatoms. The van der Waals surface area contributed by atoms with E-state index in [1.807, 2.05) is 31.2 Å². The molecule has 0 radical (unpaired) electrons. The van der Waals surface area contributed by atoms with Gasteiger partial charge in [-0.25, -0.2) is 5.43 Å². The van der Waals surface area contributed by atoms with Gasteiger partial charge in [0.1, 0.15) is 5.75 Å². The van der Waals surface area contributed by atoms with E-state index < -0.39 is 0 Å². The monoisotopic (exact) mass is 316 g/mol. The van der Waals surface area contributed by atoms with E-state index in [9.17, 15) is 4.79 Å². The van der Waals surface area contributed by atoms with Crippen LogP contribution in [0.5, 0.6) is 5.75 Å². The van der Waals surface area contributed by atoms with Crippen molar-refractivity contribution in [2.45, 2.75) is 13.3 Å². The lowest BCUT2D eigenvalue weighted by Gasteiger charge is -2.06. The zero-order valence-electron chi connectivity index (χ0n) is 12.5. The number of ether oxygens (including phenoxy) is 1. The van der Waals surface area contributed by atoms with Gasteiger partial charge in [-0.15, -0.1) is 0 Å². The zero-order valence-corrected chi connectivity index (χ0v) is 13.2. The van der Waals surface area contributed by atoms with E-state index in [4.69, 9.17) is 16.3 Å².